The average Bonchev–Trinajstić information content (AvgIpc) is 2.88. The van der Waals surface area contributed by atoms with Crippen molar-refractivity contribution < 1.29 is 28.2 Å². The summed E-state index contributed by atoms with van der Waals surface area (Å²) in [4.78, 5) is 23.7. The van der Waals surface area contributed by atoms with Crippen molar-refractivity contribution in [2.75, 3.05) is 30.5 Å². The predicted octanol–water partition coefficient (Wildman–Crippen LogP) is 5.84. The summed E-state index contributed by atoms with van der Waals surface area (Å²) in [6.07, 6.45) is 1.37. The van der Waals surface area contributed by atoms with Crippen LogP contribution in [0.5, 0.6) is 17.2 Å². The minimum atomic E-state index is -0.657. The van der Waals surface area contributed by atoms with Crippen molar-refractivity contribution in [1.29, 1.82) is 5.26 Å². The Morgan fingerprint density at radius 3 is 2.24 bits per heavy atom. The Kier molecular flexibility index (Phi) is 10.1. The van der Waals surface area contributed by atoms with E-state index in [1.54, 1.807) is 43.3 Å². The summed E-state index contributed by atoms with van der Waals surface area (Å²) >= 11 is 6.45. The van der Waals surface area contributed by atoms with Gasteiger partial charge in [-0.3, -0.25) is 9.59 Å². The molecule has 38 heavy (non-hydrogen) atoms. The number of halogens is 2. The van der Waals surface area contributed by atoms with Crippen molar-refractivity contribution in [2.24, 2.45) is 0 Å². The van der Waals surface area contributed by atoms with E-state index in [4.69, 9.17) is 25.8 Å². The number of anilines is 2. The van der Waals surface area contributed by atoms with Crippen LogP contribution in [0, 0.1) is 17.1 Å². The van der Waals surface area contributed by atoms with Gasteiger partial charge in [0.05, 0.1) is 11.6 Å². The molecule has 0 aliphatic carbocycles. The minimum absolute atomic E-state index is 0.159. The van der Waals surface area contributed by atoms with E-state index in [2.05, 4.69) is 10.6 Å². The Labute approximate surface area is 224 Å². The Morgan fingerprint density at radius 1 is 0.974 bits per heavy atom. The fourth-order valence-electron chi connectivity index (χ4n) is 3.26. The maximum absolute atomic E-state index is 13.1. The van der Waals surface area contributed by atoms with Gasteiger partial charge in [-0.2, -0.15) is 5.26 Å². The van der Waals surface area contributed by atoms with Gasteiger partial charge in [-0.25, -0.2) is 4.39 Å². The van der Waals surface area contributed by atoms with Crippen molar-refractivity contribution in [3.05, 3.63) is 82.6 Å². The van der Waals surface area contributed by atoms with E-state index in [0.717, 1.165) is 0 Å². The van der Waals surface area contributed by atoms with Crippen LogP contribution in [0.25, 0.3) is 6.08 Å². The minimum Gasteiger partial charge on any atom is -0.490 e. The number of carbonyl (C=O) groups excluding carboxylic acids is 2. The first kappa shape index (κ1) is 28.0. The molecule has 0 radical (unpaired) electrons. The van der Waals surface area contributed by atoms with Crippen molar-refractivity contribution in [3.63, 3.8) is 0 Å². The molecule has 3 aromatic rings. The zero-order valence-electron chi connectivity index (χ0n) is 20.7. The number of nitrogens with zero attached hydrogens (tertiary/aromatic N) is 1. The summed E-state index contributed by atoms with van der Waals surface area (Å²) in [6.45, 7) is 3.93. The first-order valence-electron chi connectivity index (χ1n) is 11.6. The molecule has 0 bridgehead atoms. The second-order valence-electron chi connectivity index (χ2n) is 7.80. The molecule has 2 amide bonds. The van der Waals surface area contributed by atoms with Crippen molar-refractivity contribution >= 4 is 40.9 Å². The fourth-order valence-corrected chi connectivity index (χ4v) is 3.54. The smallest absolute Gasteiger partial charge is 0.266 e. The van der Waals surface area contributed by atoms with Crippen molar-refractivity contribution in [3.8, 4) is 23.3 Å². The lowest BCUT2D eigenvalue weighted by Crippen LogP contribution is -2.13. The highest BCUT2D eigenvalue weighted by molar-refractivity contribution is 6.32. The quantitative estimate of drug-likeness (QED) is 0.181. The molecule has 196 valence electrons. The van der Waals surface area contributed by atoms with E-state index < -0.39 is 11.7 Å². The monoisotopic (exact) mass is 537 g/mol. The number of benzene rings is 3. The number of nitriles is 1. The second-order valence-corrected chi connectivity index (χ2v) is 8.20. The van der Waals surface area contributed by atoms with Gasteiger partial charge in [0.2, 0.25) is 5.91 Å². The molecule has 3 rings (SSSR count). The third-order valence-electron chi connectivity index (χ3n) is 4.88. The van der Waals surface area contributed by atoms with Crippen LogP contribution in [0.15, 0.2) is 66.2 Å². The lowest BCUT2D eigenvalue weighted by molar-refractivity contribution is -0.114. The number of rotatable bonds is 11. The first-order valence-corrected chi connectivity index (χ1v) is 11.9. The van der Waals surface area contributed by atoms with Crippen LogP contribution < -0.4 is 24.8 Å². The van der Waals surface area contributed by atoms with E-state index in [1.807, 2.05) is 6.07 Å². The molecule has 0 heterocycles. The van der Waals surface area contributed by atoms with Gasteiger partial charge in [0.1, 0.15) is 36.4 Å². The highest BCUT2D eigenvalue weighted by Crippen LogP contribution is 2.37. The lowest BCUT2D eigenvalue weighted by atomic mass is 10.1. The molecule has 0 spiro atoms. The summed E-state index contributed by atoms with van der Waals surface area (Å²) in [5, 5.41) is 15.0. The Morgan fingerprint density at radius 2 is 1.61 bits per heavy atom. The molecular formula is C28H25ClFN3O5. The number of carbonyl (C=O) groups is 2. The molecular weight excluding hydrogens is 513 g/mol. The number of amides is 2. The Bertz CT molecular complexity index is 1350. The van der Waals surface area contributed by atoms with Gasteiger partial charge in [-0.05, 0) is 79.2 Å². The summed E-state index contributed by atoms with van der Waals surface area (Å²) in [6, 6.07) is 17.1. The molecule has 8 nitrogen and oxygen atoms in total. The fraction of sp³-hybridized carbons (Fsp3) is 0.179. The number of hydrogen-bond donors (Lipinski definition) is 2. The summed E-state index contributed by atoms with van der Waals surface area (Å²) in [5.41, 5.74) is 1.28. The molecule has 2 N–H and O–H groups in total. The van der Waals surface area contributed by atoms with Crippen molar-refractivity contribution in [1.82, 2.24) is 0 Å². The van der Waals surface area contributed by atoms with E-state index in [-0.39, 0.29) is 29.7 Å². The van der Waals surface area contributed by atoms with Crippen LogP contribution >= 0.6 is 11.6 Å². The van der Waals surface area contributed by atoms with Crippen LogP contribution in [0.4, 0.5) is 15.8 Å². The van der Waals surface area contributed by atoms with Crippen LogP contribution in [0.3, 0.4) is 0 Å². The predicted molar refractivity (Wildman–Crippen MR) is 143 cm³/mol. The normalized spacial score (nSPS) is 10.8. The van der Waals surface area contributed by atoms with Gasteiger partial charge < -0.3 is 24.8 Å². The van der Waals surface area contributed by atoms with Crippen LogP contribution in [0.2, 0.25) is 5.02 Å². The summed E-state index contributed by atoms with van der Waals surface area (Å²) in [5.74, 6) is -0.0271. The van der Waals surface area contributed by atoms with E-state index in [0.29, 0.717) is 40.8 Å². The van der Waals surface area contributed by atoms with Crippen molar-refractivity contribution in [2.45, 2.75) is 13.8 Å². The van der Waals surface area contributed by atoms with Crippen LogP contribution in [-0.2, 0) is 9.59 Å². The molecule has 0 aliphatic heterocycles. The molecule has 10 heteroatoms. The Hall–Kier alpha value is -4.55. The average molecular weight is 538 g/mol. The number of ether oxygens (including phenoxy) is 3. The standard InChI is InChI=1S/C28H25ClFN3O5/c1-3-36-26-16-19(14-20(17-31)28(35)33-23-6-4-21(30)5-7-23)15-25(29)27(26)38-13-12-37-24-10-8-22(9-11-24)32-18(2)34/h4-11,14-16H,3,12-13H2,1-2H3,(H,32,34)(H,33,35). The highest BCUT2D eigenvalue weighted by Gasteiger charge is 2.15. The van der Waals surface area contributed by atoms with Gasteiger partial charge in [-0.15, -0.1) is 0 Å². The third kappa shape index (κ3) is 8.25. The largest absolute Gasteiger partial charge is 0.490 e. The van der Waals surface area contributed by atoms with Gasteiger partial charge in [0, 0.05) is 18.3 Å². The van der Waals surface area contributed by atoms with Gasteiger partial charge in [0.15, 0.2) is 11.5 Å². The molecule has 0 fully saturated rings. The number of hydrogen-bond acceptors (Lipinski definition) is 6. The topological polar surface area (TPSA) is 110 Å². The molecule has 0 saturated heterocycles. The molecule has 0 unspecified atom stereocenters. The molecule has 0 aromatic heterocycles. The highest BCUT2D eigenvalue weighted by atomic mass is 35.5. The second kappa shape index (κ2) is 13.7. The molecule has 0 atom stereocenters. The van der Waals surface area contributed by atoms with Crippen LogP contribution in [0.1, 0.15) is 19.4 Å². The maximum Gasteiger partial charge on any atom is 0.266 e. The zero-order valence-corrected chi connectivity index (χ0v) is 21.5. The Balaban J connectivity index is 1.67. The zero-order chi connectivity index (χ0) is 27.5. The van der Waals surface area contributed by atoms with E-state index in [1.165, 1.54) is 37.3 Å². The van der Waals surface area contributed by atoms with Crippen LogP contribution in [-0.4, -0.2) is 31.6 Å². The third-order valence-corrected chi connectivity index (χ3v) is 5.16. The maximum atomic E-state index is 13.1. The van der Waals surface area contributed by atoms with Gasteiger partial charge in [-0.1, -0.05) is 11.6 Å². The van der Waals surface area contributed by atoms with Gasteiger partial charge in [0.25, 0.3) is 5.91 Å². The molecule has 0 aliphatic rings. The SMILES string of the molecule is CCOc1cc(C=C(C#N)C(=O)Nc2ccc(F)cc2)cc(Cl)c1OCCOc1ccc(NC(C)=O)cc1. The number of nitrogens with one attached hydrogen (secondary N) is 2. The van der Waals surface area contributed by atoms with E-state index >= 15 is 0 Å². The van der Waals surface area contributed by atoms with Gasteiger partial charge >= 0.3 is 0 Å². The van der Waals surface area contributed by atoms with E-state index in [9.17, 15) is 19.2 Å². The first-order chi connectivity index (χ1) is 18.3. The summed E-state index contributed by atoms with van der Waals surface area (Å²) in [7, 11) is 0. The molecule has 0 saturated carbocycles. The lowest BCUT2D eigenvalue weighted by Gasteiger charge is -2.15. The summed E-state index contributed by atoms with van der Waals surface area (Å²) < 4.78 is 30.2. The molecule has 3 aromatic carbocycles.